The molecule has 128 valence electrons. The third-order valence-electron chi connectivity index (χ3n) is 3.44. The summed E-state index contributed by atoms with van der Waals surface area (Å²) in [6.07, 6.45) is 1.55. The van der Waals surface area contributed by atoms with E-state index in [4.69, 9.17) is 16.3 Å². The molecule has 0 radical (unpaired) electrons. The van der Waals surface area contributed by atoms with Crippen molar-refractivity contribution in [1.82, 2.24) is 15.2 Å². The Labute approximate surface area is 151 Å². The minimum atomic E-state index is 0.371. The maximum Gasteiger partial charge on any atom is 0.249 e. The molecule has 0 aliphatic rings. The van der Waals surface area contributed by atoms with Gasteiger partial charge in [-0.15, -0.1) is 5.10 Å². The first-order valence-electron chi connectivity index (χ1n) is 7.87. The number of halogens is 1. The summed E-state index contributed by atoms with van der Waals surface area (Å²) in [5.41, 5.74) is 2.63. The number of hydrogen-bond donors (Lipinski definition) is 2. The van der Waals surface area contributed by atoms with Crippen LogP contribution in [-0.4, -0.2) is 21.8 Å². The zero-order valence-corrected chi connectivity index (χ0v) is 14.7. The van der Waals surface area contributed by atoms with Crippen LogP contribution in [0.2, 0.25) is 5.02 Å². The Bertz CT molecular complexity index is 872. The molecular weight excluding hydrogens is 338 g/mol. The van der Waals surface area contributed by atoms with E-state index in [1.807, 2.05) is 56.3 Å². The summed E-state index contributed by atoms with van der Waals surface area (Å²) in [5, 5.41) is 15.0. The van der Waals surface area contributed by atoms with Crippen molar-refractivity contribution in [2.45, 2.75) is 13.8 Å². The van der Waals surface area contributed by atoms with Crippen LogP contribution in [0.4, 0.5) is 23.1 Å². The fourth-order valence-electron chi connectivity index (χ4n) is 2.21. The van der Waals surface area contributed by atoms with Crippen molar-refractivity contribution in [3.63, 3.8) is 0 Å². The van der Waals surface area contributed by atoms with Crippen LogP contribution >= 0.6 is 11.6 Å². The summed E-state index contributed by atoms with van der Waals surface area (Å²) in [4.78, 5) is 4.42. The van der Waals surface area contributed by atoms with Gasteiger partial charge < -0.3 is 15.4 Å². The van der Waals surface area contributed by atoms with Gasteiger partial charge in [-0.3, -0.25) is 0 Å². The predicted octanol–water partition coefficient (Wildman–Crippen LogP) is 4.72. The van der Waals surface area contributed by atoms with Crippen LogP contribution in [0.3, 0.4) is 0 Å². The molecule has 0 saturated heterocycles. The van der Waals surface area contributed by atoms with Crippen molar-refractivity contribution in [3.8, 4) is 5.75 Å². The maximum absolute atomic E-state index is 6.15. The Hall–Kier alpha value is -2.86. The fraction of sp³-hybridized carbons (Fsp3) is 0.167. The molecule has 0 spiro atoms. The Morgan fingerprint density at radius 1 is 1.12 bits per heavy atom. The first-order chi connectivity index (χ1) is 12.2. The van der Waals surface area contributed by atoms with E-state index in [-0.39, 0.29) is 0 Å². The number of nitrogens with zero attached hydrogens (tertiary/aromatic N) is 3. The number of anilines is 4. The van der Waals surface area contributed by atoms with Crippen molar-refractivity contribution < 1.29 is 4.74 Å². The van der Waals surface area contributed by atoms with E-state index in [0.717, 1.165) is 22.7 Å². The van der Waals surface area contributed by atoms with Gasteiger partial charge in [0, 0.05) is 10.7 Å². The minimum absolute atomic E-state index is 0.371. The fourth-order valence-corrected chi connectivity index (χ4v) is 2.39. The largest absolute Gasteiger partial charge is 0.492 e. The van der Waals surface area contributed by atoms with Crippen LogP contribution < -0.4 is 15.4 Å². The van der Waals surface area contributed by atoms with Crippen LogP contribution in [0.5, 0.6) is 5.75 Å². The second-order valence-corrected chi connectivity index (χ2v) is 5.72. The van der Waals surface area contributed by atoms with E-state index in [9.17, 15) is 0 Å². The van der Waals surface area contributed by atoms with Crippen LogP contribution in [0.1, 0.15) is 12.5 Å². The van der Waals surface area contributed by atoms with Gasteiger partial charge in [0.2, 0.25) is 5.95 Å². The number of aromatic nitrogens is 3. The SMILES string of the molecule is CCOc1ccccc1Nc1nncc(Nc2ccc(C)c(Cl)c2)n1. The molecule has 25 heavy (non-hydrogen) atoms. The molecule has 3 rings (SSSR count). The summed E-state index contributed by atoms with van der Waals surface area (Å²) >= 11 is 6.15. The van der Waals surface area contributed by atoms with Crippen molar-refractivity contribution in [2.24, 2.45) is 0 Å². The highest BCUT2D eigenvalue weighted by Crippen LogP contribution is 2.27. The van der Waals surface area contributed by atoms with Gasteiger partial charge in [-0.1, -0.05) is 29.8 Å². The van der Waals surface area contributed by atoms with Gasteiger partial charge in [-0.05, 0) is 43.7 Å². The summed E-state index contributed by atoms with van der Waals surface area (Å²) < 4.78 is 5.59. The molecule has 0 unspecified atom stereocenters. The van der Waals surface area contributed by atoms with Crippen molar-refractivity contribution in [3.05, 3.63) is 59.2 Å². The number of rotatable bonds is 6. The van der Waals surface area contributed by atoms with Crippen molar-refractivity contribution in [1.29, 1.82) is 0 Å². The van der Waals surface area contributed by atoms with Crippen molar-refractivity contribution in [2.75, 3.05) is 17.2 Å². The molecular formula is C18H18ClN5O. The molecule has 7 heteroatoms. The number of benzene rings is 2. The van der Waals surface area contributed by atoms with E-state index in [1.165, 1.54) is 0 Å². The van der Waals surface area contributed by atoms with Gasteiger partial charge >= 0.3 is 0 Å². The third-order valence-corrected chi connectivity index (χ3v) is 3.84. The monoisotopic (exact) mass is 355 g/mol. The molecule has 2 aromatic carbocycles. The highest BCUT2D eigenvalue weighted by Gasteiger charge is 2.07. The van der Waals surface area contributed by atoms with E-state index >= 15 is 0 Å². The molecule has 2 N–H and O–H groups in total. The molecule has 0 aliphatic carbocycles. The van der Waals surface area contributed by atoms with Gasteiger partial charge in [-0.25, -0.2) is 0 Å². The zero-order valence-electron chi connectivity index (χ0n) is 14.0. The number of nitrogens with one attached hydrogen (secondary N) is 2. The predicted molar refractivity (Wildman–Crippen MR) is 100 cm³/mol. The highest BCUT2D eigenvalue weighted by molar-refractivity contribution is 6.31. The lowest BCUT2D eigenvalue weighted by atomic mass is 10.2. The van der Waals surface area contributed by atoms with E-state index in [1.54, 1.807) is 6.20 Å². The van der Waals surface area contributed by atoms with Gasteiger partial charge in [0.25, 0.3) is 0 Å². The van der Waals surface area contributed by atoms with E-state index < -0.39 is 0 Å². The molecule has 0 atom stereocenters. The van der Waals surface area contributed by atoms with E-state index in [2.05, 4.69) is 25.8 Å². The topological polar surface area (TPSA) is 72.0 Å². The lowest BCUT2D eigenvalue weighted by Gasteiger charge is -2.11. The Balaban J connectivity index is 1.78. The second-order valence-electron chi connectivity index (χ2n) is 5.31. The standard InChI is InChI=1S/C18H18ClN5O/c1-3-25-16-7-5-4-6-15(16)22-18-23-17(11-20-24-18)21-13-9-8-12(2)14(19)10-13/h4-11H,3H2,1-2H3,(H2,21,22,23,24). The second kappa shape index (κ2) is 7.81. The first kappa shape index (κ1) is 17.0. The Morgan fingerprint density at radius 2 is 1.96 bits per heavy atom. The summed E-state index contributed by atoms with van der Waals surface area (Å²) in [5.74, 6) is 1.67. The highest BCUT2D eigenvalue weighted by atomic mass is 35.5. The summed E-state index contributed by atoms with van der Waals surface area (Å²) in [6.45, 7) is 4.47. The Morgan fingerprint density at radius 3 is 2.76 bits per heavy atom. The summed E-state index contributed by atoms with van der Waals surface area (Å²) in [6, 6.07) is 13.3. The lowest BCUT2D eigenvalue weighted by Crippen LogP contribution is -2.04. The smallest absolute Gasteiger partial charge is 0.249 e. The number of aryl methyl sites for hydroxylation is 1. The zero-order chi connectivity index (χ0) is 17.6. The molecule has 0 amide bonds. The minimum Gasteiger partial charge on any atom is -0.492 e. The quantitative estimate of drug-likeness (QED) is 0.666. The van der Waals surface area contributed by atoms with Gasteiger partial charge in [-0.2, -0.15) is 10.1 Å². The van der Waals surface area contributed by atoms with Gasteiger partial charge in [0.15, 0.2) is 5.82 Å². The molecule has 0 fully saturated rings. The van der Waals surface area contributed by atoms with Gasteiger partial charge in [0.1, 0.15) is 5.75 Å². The number of para-hydroxylation sites is 2. The number of ether oxygens (including phenoxy) is 1. The average Bonchev–Trinajstić information content (AvgIpc) is 2.61. The molecule has 0 aliphatic heterocycles. The average molecular weight is 356 g/mol. The molecule has 0 bridgehead atoms. The number of hydrogen-bond acceptors (Lipinski definition) is 6. The summed E-state index contributed by atoms with van der Waals surface area (Å²) in [7, 11) is 0. The van der Waals surface area contributed by atoms with Crippen LogP contribution in [-0.2, 0) is 0 Å². The Kier molecular flexibility index (Phi) is 5.30. The molecule has 3 aromatic rings. The van der Waals surface area contributed by atoms with E-state index in [0.29, 0.717) is 23.4 Å². The van der Waals surface area contributed by atoms with Crippen molar-refractivity contribution >= 4 is 34.7 Å². The molecule has 1 heterocycles. The van der Waals surface area contributed by atoms with Crippen LogP contribution in [0.15, 0.2) is 48.7 Å². The molecule has 0 saturated carbocycles. The maximum atomic E-state index is 6.15. The van der Waals surface area contributed by atoms with Crippen LogP contribution in [0.25, 0.3) is 0 Å². The first-order valence-corrected chi connectivity index (χ1v) is 8.25. The lowest BCUT2D eigenvalue weighted by molar-refractivity contribution is 0.342. The molecule has 6 nitrogen and oxygen atoms in total. The molecule has 1 aromatic heterocycles. The third kappa shape index (κ3) is 4.36. The van der Waals surface area contributed by atoms with Crippen LogP contribution in [0, 0.1) is 6.92 Å². The van der Waals surface area contributed by atoms with Gasteiger partial charge in [0.05, 0.1) is 18.5 Å². The normalized spacial score (nSPS) is 10.4.